The third-order valence-corrected chi connectivity index (χ3v) is 21.6. The standard InChI is InChI=1S/C85H52N2S2/c1-3-23-58(24-4-1)86(76-39-19-35-70-66-32-11-15-41-78(66)88-83(70)76)60-27-17-21-53(50-60)55-43-46-62-57(49-55)45-48-72-80-68-34-8-7-29-63(68)73-52-56(44-47-69(73)82(80)85(81(62)72)74-37-13-9-30-64(74)65-31-10-14-38-75(65)85)54-22-18-28-61(51-54)87(59-25-5-2-6-26-59)77-40-20-36-71-67-33-12-16-42-79(67)89-84(71)77/h1-52H. The topological polar surface area (TPSA) is 6.48 Å². The minimum Gasteiger partial charge on any atom is -0.309 e. The smallest absolute Gasteiger partial charge is 0.0737 e. The van der Waals surface area contributed by atoms with Crippen molar-refractivity contribution in [1.82, 2.24) is 0 Å². The molecular formula is C85H52N2S2. The average molecular weight is 1170 g/mol. The zero-order valence-electron chi connectivity index (χ0n) is 48.2. The molecule has 0 fully saturated rings. The molecule has 15 aromatic carbocycles. The number of nitrogens with zero attached hydrogens (tertiary/aromatic N) is 2. The van der Waals surface area contributed by atoms with Crippen molar-refractivity contribution in [2.75, 3.05) is 9.80 Å². The number of para-hydroxylation sites is 2. The fourth-order valence-corrected chi connectivity index (χ4v) is 17.9. The zero-order chi connectivity index (χ0) is 58.3. The highest BCUT2D eigenvalue weighted by Crippen LogP contribution is 2.67. The SMILES string of the molecule is c1ccc(N(c2cccc(-c3ccc4c5c(ccc4c3)-c3c(c4ccc(-c6cccc(N(c7ccccc7)c7cccc8c7sc7ccccc78)c6)cc4c4ccccc34)C53c4ccccc4-c4ccccc43)c2)c2cccc3c2sc2ccccc23)cc1. The van der Waals surface area contributed by atoms with E-state index in [2.05, 4.69) is 325 Å². The van der Waals surface area contributed by atoms with Gasteiger partial charge < -0.3 is 9.80 Å². The van der Waals surface area contributed by atoms with Crippen LogP contribution in [0.15, 0.2) is 315 Å². The van der Waals surface area contributed by atoms with E-state index in [0.717, 1.165) is 22.7 Å². The van der Waals surface area contributed by atoms with Crippen LogP contribution in [-0.4, -0.2) is 0 Å². The third kappa shape index (κ3) is 7.36. The maximum Gasteiger partial charge on any atom is 0.0737 e. The normalized spacial score (nSPS) is 12.8. The van der Waals surface area contributed by atoms with Crippen LogP contribution >= 0.6 is 22.7 Å². The summed E-state index contributed by atoms with van der Waals surface area (Å²) < 4.78 is 5.15. The molecule has 2 aliphatic rings. The van der Waals surface area contributed by atoms with Crippen molar-refractivity contribution in [1.29, 1.82) is 0 Å². The van der Waals surface area contributed by atoms with E-state index in [9.17, 15) is 0 Å². The second-order valence-electron chi connectivity index (χ2n) is 23.8. The second-order valence-corrected chi connectivity index (χ2v) is 25.9. The van der Waals surface area contributed by atoms with Gasteiger partial charge in [0.05, 0.1) is 26.2 Å². The van der Waals surface area contributed by atoms with Gasteiger partial charge in [-0.15, -0.1) is 22.7 Å². The molecule has 2 heterocycles. The maximum atomic E-state index is 2.49. The summed E-state index contributed by atoms with van der Waals surface area (Å²) in [6.07, 6.45) is 0. The van der Waals surface area contributed by atoms with Gasteiger partial charge >= 0.3 is 0 Å². The predicted molar refractivity (Wildman–Crippen MR) is 381 cm³/mol. The lowest BCUT2D eigenvalue weighted by Gasteiger charge is -2.33. The van der Waals surface area contributed by atoms with Crippen molar-refractivity contribution in [3.05, 3.63) is 338 Å². The van der Waals surface area contributed by atoms with Crippen LogP contribution < -0.4 is 9.80 Å². The molecular weight excluding hydrogens is 1110 g/mol. The number of fused-ring (bicyclic) bond motifs is 23. The molecule has 2 nitrogen and oxygen atoms in total. The summed E-state index contributed by atoms with van der Waals surface area (Å²) >= 11 is 3.74. The van der Waals surface area contributed by atoms with E-state index in [1.165, 1.54) is 151 Å². The molecule has 0 N–H and O–H groups in total. The maximum absolute atomic E-state index is 2.49. The number of hydrogen-bond acceptors (Lipinski definition) is 4. The molecule has 0 unspecified atom stereocenters. The summed E-state index contributed by atoms with van der Waals surface area (Å²) in [6, 6.07) is 118. The highest BCUT2D eigenvalue weighted by Gasteiger charge is 2.54. The Kier molecular flexibility index (Phi) is 11.1. The fourth-order valence-electron chi connectivity index (χ4n) is 15.5. The Morgan fingerprint density at radius 2 is 0.697 bits per heavy atom. The van der Waals surface area contributed by atoms with Gasteiger partial charge in [0.2, 0.25) is 0 Å². The molecule has 0 atom stereocenters. The lowest BCUT2D eigenvalue weighted by atomic mass is 9.68. The molecule has 0 amide bonds. The first-order valence-electron chi connectivity index (χ1n) is 30.6. The van der Waals surface area contributed by atoms with Gasteiger partial charge in [0.15, 0.2) is 0 Å². The van der Waals surface area contributed by atoms with E-state index in [4.69, 9.17) is 0 Å². The van der Waals surface area contributed by atoms with Gasteiger partial charge in [0, 0.05) is 53.7 Å². The van der Waals surface area contributed by atoms with E-state index in [-0.39, 0.29) is 0 Å². The molecule has 0 saturated carbocycles. The van der Waals surface area contributed by atoms with Crippen molar-refractivity contribution in [2.24, 2.45) is 0 Å². The van der Waals surface area contributed by atoms with E-state index < -0.39 is 5.41 Å². The lowest BCUT2D eigenvalue weighted by molar-refractivity contribution is 0.809. The Morgan fingerprint density at radius 3 is 1.28 bits per heavy atom. The first-order chi connectivity index (χ1) is 44.2. The number of rotatable bonds is 8. The van der Waals surface area contributed by atoms with Crippen LogP contribution in [0.2, 0.25) is 0 Å². The summed E-state index contributed by atoms with van der Waals surface area (Å²) in [4.78, 5) is 4.88. The van der Waals surface area contributed by atoms with Gasteiger partial charge in [0.25, 0.3) is 0 Å². The summed E-state index contributed by atoms with van der Waals surface area (Å²) in [5, 5.41) is 12.7. The Bertz CT molecular complexity index is 5730. The van der Waals surface area contributed by atoms with E-state index in [1.54, 1.807) is 0 Å². The molecule has 4 heteroatoms. The molecule has 2 aromatic heterocycles. The van der Waals surface area contributed by atoms with Crippen LogP contribution in [-0.2, 0) is 5.41 Å². The monoisotopic (exact) mass is 1160 g/mol. The molecule has 0 bridgehead atoms. The van der Waals surface area contributed by atoms with E-state index in [1.807, 2.05) is 22.7 Å². The molecule has 1 spiro atoms. The van der Waals surface area contributed by atoms with Crippen molar-refractivity contribution in [3.63, 3.8) is 0 Å². The van der Waals surface area contributed by atoms with Crippen LogP contribution in [0.25, 0.3) is 117 Å². The van der Waals surface area contributed by atoms with E-state index >= 15 is 0 Å². The molecule has 0 aliphatic heterocycles. The lowest BCUT2D eigenvalue weighted by Crippen LogP contribution is -2.26. The Morgan fingerprint density at radius 1 is 0.247 bits per heavy atom. The fraction of sp³-hybridized carbons (Fsp3) is 0.0118. The molecule has 2 aliphatic carbocycles. The van der Waals surface area contributed by atoms with Crippen LogP contribution in [0.5, 0.6) is 0 Å². The quantitative estimate of drug-likeness (QED) is 0.140. The van der Waals surface area contributed by atoms with Crippen molar-refractivity contribution >= 4 is 129 Å². The Balaban J connectivity index is 0.790. The number of hydrogen-bond donors (Lipinski definition) is 0. The van der Waals surface area contributed by atoms with Crippen molar-refractivity contribution < 1.29 is 0 Å². The van der Waals surface area contributed by atoms with Gasteiger partial charge in [-0.1, -0.05) is 231 Å². The summed E-state index contributed by atoms with van der Waals surface area (Å²) in [5.74, 6) is 0. The number of anilines is 6. The minimum atomic E-state index is -0.615. The average Bonchev–Trinajstić information content (AvgIpc) is 1.49. The van der Waals surface area contributed by atoms with Gasteiger partial charge in [-0.2, -0.15) is 0 Å². The van der Waals surface area contributed by atoms with E-state index in [0.29, 0.717) is 0 Å². The van der Waals surface area contributed by atoms with Gasteiger partial charge in [-0.25, -0.2) is 0 Å². The predicted octanol–water partition coefficient (Wildman–Crippen LogP) is 24.5. The first kappa shape index (κ1) is 50.3. The van der Waals surface area contributed by atoms with Crippen LogP contribution in [0.3, 0.4) is 0 Å². The molecule has 414 valence electrons. The van der Waals surface area contributed by atoms with Gasteiger partial charge in [0.1, 0.15) is 0 Å². The molecule has 89 heavy (non-hydrogen) atoms. The summed E-state index contributed by atoms with van der Waals surface area (Å²) in [7, 11) is 0. The Labute approximate surface area is 523 Å². The highest BCUT2D eigenvalue weighted by atomic mass is 32.1. The van der Waals surface area contributed by atoms with Crippen molar-refractivity contribution in [2.45, 2.75) is 5.41 Å². The molecule has 0 saturated heterocycles. The molecule has 17 aromatic rings. The van der Waals surface area contributed by atoms with Crippen molar-refractivity contribution in [3.8, 4) is 44.5 Å². The molecule has 19 rings (SSSR count). The third-order valence-electron chi connectivity index (χ3n) is 19.2. The highest BCUT2D eigenvalue weighted by molar-refractivity contribution is 7.26. The van der Waals surface area contributed by atoms with Gasteiger partial charge in [-0.3, -0.25) is 0 Å². The summed E-state index contributed by atoms with van der Waals surface area (Å²) in [6.45, 7) is 0. The van der Waals surface area contributed by atoms with Crippen LogP contribution in [0.1, 0.15) is 22.3 Å². The minimum absolute atomic E-state index is 0.615. The number of benzene rings is 15. The molecule has 0 radical (unpaired) electrons. The van der Waals surface area contributed by atoms with Gasteiger partial charge in [-0.05, 0) is 184 Å². The second kappa shape index (κ2) is 19.6. The largest absolute Gasteiger partial charge is 0.309 e. The summed E-state index contributed by atoms with van der Waals surface area (Å²) in [5.41, 5.74) is 21.5. The van der Waals surface area contributed by atoms with Crippen LogP contribution in [0, 0.1) is 0 Å². The van der Waals surface area contributed by atoms with Crippen LogP contribution in [0.4, 0.5) is 34.1 Å². The number of thiophene rings is 2. The first-order valence-corrected chi connectivity index (χ1v) is 32.3. The zero-order valence-corrected chi connectivity index (χ0v) is 49.9. The Hall–Kier alpha value is -10.9.